The molecule has 3 nitrogen and oxygen atoms in total. The van der Waals surface area contributed by atoms with Gasteiger partial charge >= 0.3 is 0 Å². The molecule has 0 saturated heterocycles. The first-order valence-electron chi connectivity index (χ1n) is 5.40. The molecule has 1 aromatic rings. The lowest BCUT2D eigenvalue weighted by Crippen LogP contribution is -2.12. The Morgan fingerprint density at radius 3 is 2.80 bits per heavy atom. The molecule has 0 unspecified atom stereocenters. The van der Waals surface area contributed by atoms with Gasteiger partial charge in [-0.3, -0.25) is 4.79 Å². The van der Waals surface area contributed by atoms with Gasteiger partial charge in [0.05, 0.1) is 0 Å². The molecule has 0 aromatic carbocycles. The fourth-order valence-electron chi connectivity index (χ4n) is 1.28. The molecular formula is C12H18N2O. The van der Waals surface area contributed by atoms with Gasteiger partial charge < -0.3 is 5.32 Å². The maximum atomic E-state index is 11.3. The predicted molar refractivity (Wildman–Crippen MR) is 61.9 cm³/mol. The Labute approximate surface area is 90.9 Å². The number of carbonyl (C=O) groups is 1. The van der Waals surface area contributed by atoms with Crippen molar-refractivity contribution in [2.24, 2.45) is 0 Å². The average Bonchev–Trinajstić information content (AvgIpc) is 2.18. The summed E-state index contributed by atoms with van der Waals surface area (Å²) in [6, 6.07) is 5.71. The number of pyridine rings is 1. The van der Waals surface area contributed by atoms with Crippen molar-refractivity contribution >= 4 is 11.7 Å². The monoisotopic (exact) mass is 206 g/mol. The number of rotatable bonds is 4. The van der Waals surface area contributed by atoms with E-state index in [1.807, 2.05) is 25.1 Å². The average molecular weight is 206 g/mol. The van der Waals surface area contributed by atoms with Crippen LogP contribution < -0.4 is 5.32 Å². The molecule has 3 heteroatoms. The van der Waals surface area contributed by atoms with Crippen LogP contribution in [-0.2, 0) is 4.79 Å². The van der Waals surface area contributed by atoms with Crippen LogP contribution in [0, 0.1) is 0 Å². The maximum Gasteiger partial charge on any atom is 0.225 e. The largest absolute Gasteiger partial charge is 0.311 e. The molecule has 15 heavy (non-hydrogen) atoms. The molecule has 0 aliphatic heterocycles. The molecule has 0 radical (unpaired) electrons. The highest BCUT2D eigenvalue weighted by atomic mass is 16.1. The third kappa shape index (κ3) is 3.70. The summed E-state index contributed by atoms with van der Waals surface area (Å²) in [5, 5.41) is 2.79. The molecule has 1 N–H and O–H groups in total. The second-order valence-corrected chi connectivity index (χ2v) is 3.90. The van der Waals surface area contributed by atoms with Gasteiger partial charge in [0, 0.05) is 12.1 Å². The van der Waals surface area contributed by atoms with Crippen LogP contribution >= 0.6 is 0 Å². The molecule has 0 saturated carbocycles. The molecule has 0 aliphatic carbocycles. The van der Waals surface area contributed by atoms with E-state index in [2.05, 4.69) is 24.1 Å². The number of amides is 1. The predicted octanol–water partition coefficient (Wildman–Crippen LogP) is 2.94. The summed E-state index contributed by atoms with van der Waals surface area (Å²) in [5.41, 5.74) is 1.00. The molecule has 0 fully saturated rings. The summed E-state index contributed by atoms with van der Waals surface area (Å²) in [7, 11) is 0. The van der Waals surface area contributed by atoms with Gasteiger partial charge in [-0.2, -0.15) is 0 Å². The molecule has 0 atom stereocenters. The van der Waals surface area contributed by atoms with Crippen LogP contribution in [0.25, 0.3) is 0 Å². The number of anilines is 1. The van der Waals surface area contributed by atoms with Gasteiger partial charge in [0.1, 0.15) is 5.82 Å². The summed E-state index contributed by atoms with van der Waals surface area (Å²) in [6.07, 6.45) is 1.41. The van der Waals surface area contributed by atoms with Gasteiger partial charge in [-0.05, 0) is 24.5 Å². The first-order valence-corrected chi connectivity index (χ1v) is 5.40. The lowest BCUT2D eigenvalue weighted by Gasteiger charge is -2.07. The van der Waals surface area contributed by atoms with Crippen molar-refractivity contribution in [3.8, 4) is 0 Å². The third-order valence-electron chi connectivity index (χ3n) is 2.11. The minimum absolute atomic E-state index is 0.0332. The second kappa shape index (κ2) is 5.49. The van der Waals surface area contributed by atoms with Crippen molar-refractivity contribution < 1.29 is 4.79 Å². The first-order chi connectivity index (χ1) is 7.13. The van der Waals surface area contributed by atoms with E-state index in [4.69, 9.17) is 0 Å². The zero-order valence-corrected chi connectivity index (χ0v) is 9.58. The van der Waals surface area contributed by atoms with Crippen LogP contribution in [0.2, 0.25) is 0 Å². The maximum absolute atomic E-state index is 11.3. The Morgan fingerprint density at radius 1 is 1.47 bits per heavy atom. The van der Waals surface area contributed by atoms with Gasteiger partial charge in [0.2, 0.25) is 5.91 Å². The Kier molecular flexibility index (Phi) is 4.28. The summed E-state index contributed by atoms with van der Waals surface area (Å²) >= 11 is 0. The van der Waals surface area contributed by atoms with Crippen LogP contribution in [0.4, 0.5) is 5.82 Å². The van der Waals surface area contributed by atoms with Crippen molar-refractivity contribution in [1.82, 2.24) is 4.98 Å². The standard InChI is InChI=1S/C12H18N2O/c1-4-6-12(15)14-11-8-5-7-10(13-11)9(2)3/h5,7-9H,4,6H2,1-3H3,(H,13,14,15). The van der Waals surface area contributed by atoms with E-state index in [0.29, 0.717) is 18.2 Å². The highest BCUT2D eigenvalue weighted by Crippen LogP contribution is 2.13. The normalized spacial score (nSPS) is 10.4. The molecule has 0 spiro atoms. The van der Waals surface area contributed by atoms with Crippen molar-refractivity contribution in [2.75, 3.05) is 5.32 Å². The summed E-state index contributed by atoms with van der Waals surface area (Å²) < 4.78 is 0. The van der Waals surface area contributed by atoms with Crippen LogP contribution in [-0.4, -0.2) is 10.9 Å². The van der Waals surface area contributed by atoms with E-state index in [1.165, 1.54) is 0 Å². The molecule has 1 rings (SSSR count). The number of hydrogen-bond acceptors (Lipinski definition) is 2. The number of nitrogens with one attached hydrogen (secondary N) is 1. The molecular weight excluding hydrogens is 188 g/mol. The molecule has 0 aliphatic rings. The zero-order chi connectivity index (χ0) is 11.3. The fraction of sp³-hybridized carbons (Fsp3) is 0.500. The smallest absolute Gasteiger partial charge is 0.225 e. The van der Waals surface area contributed by atoms with Crippen LogP contribution in [0.1, 0.15) is 45.2 Å². The second-order valence-electron chi connectivity index (χ2n) is 3.90. The van der Waals surface area contributed by atoms with Crippen molar-refractivity contribution in [1.29, 1.82) is 0 Å². The van der Waals surface area contributed by atoms with Crippen LogP contribution in [0.5, 0.6) is 0 Å². The number of carbonyl (C=O) groups excluding carboxylic acids is 1. The SMILES string of the molecule is CCCC(=O)Nc1cccc(C(C)C)n1. The van der Waals surface area contributed by atoms with Gasteiger partial charge in [-0.15, -0.1) is 0 Å². The molecule has 1 aromatic heterocycles. The third-order valence-corrected chi connectivity index (χ3v) is 2.11. The topological polar surface area (TPSA) is 42.0 Å². The summed E-state index contributed by atoms with van der Waals surface area (Å²) in [4.78, 5) is 15.7. The van der Waals surface area contributed by atoms with Crippen molar-refractivity contribution in [3.05, 3.63) is 23.9 Å². The highest BCUT2D eigenvalue weighted by Gasteiger charge is 2.04. The fourth-order valence-corrected chi connectivity index (χ4v) is 1.28. The van der Waals surface area contributed by atoms with Crippen LogP contribution in [0.3, 0.4) is 0 Å². The highest BCUT2D eigenvalue weighted by molar-refractivity contribution is 5.89. The van der Waals surface area contributed by atoms with E-state index in [-0.39, 0.29) is 5.91 Å². The number of hydrogen-bond donors (Lipinski definition) is 1. The minimum atomic E-state index is 0.0332. The van der Waals surface area contributed by atoms with E-state index in [0.717, 1.165) is 12.1 Å². The lowest BCUT2D eigenvalue weighted by atomic mass is 10.1. The van der Waals surface area contributed by atoms with E-state index < -0.39 is 0 Å². The van der Waals surface area contributed by atoms with Crippen LogP contribution in [0.15, 0.2) is 18.2 Å². The van der Waals surface area contributed by atoms with Crippen molar-refractivity contribution in [2.45, 2.75) is 39.5 Å². The Balaban J connectivity index is 2.69. The number of aromatic nitrogens is 1. The molecule has 1 amide bonds. The molecule has 1 heterocycles. The lowest BCUT2D eigenvalue weighted by molar-refractivity contribution is -0.116. The minimum Gasteiger partial charge on any atom is -0.311 e. The van der Waals surface area contributed by atoms with Gasteiger partial charge in [-0.25, -0.2) is 4.98 Å². The molecule has 82 valence electrons. The Morgan fingerprint density at radius 2 is 2.20 bits per heavy atom. The Bertz CT molecular complexity index is 334. The summed E-state index contributed by atoms with van der Waals surface area (Å²) in [5.74, 6) is 1.07. The summed E-state index contributed by atoms with van der Waals surface area (Å²) in [6.45, 7) is 6.15. The van der Waals surface area contributed by atoms with E-state index in [1.54, 1.807) is 0 Å². The first kappa shape index (κ1) is 11.7. The number of nitrogens with zero attached hydrogens (tertiary/aromatic N) is 1. The van der Waals surface area contributed by atoms with Crippen molar-refractivity contribution in [3.63, 3.8) is 0 Å². The van der Waals surface area contributed by atoms with Gasteiger partial charge in [0.15, 0.2) is 0 Å². The van der Waals surface area contributed by atoms with Gasteiger partial charge in [-0.1, -0.05) is 26.8 Å². The quantitative estimate of drug-likeness (QED) is 0.823. The Hall–Kier alpha value is -1.38. The van der Waals surface area contributed by atoms with Gasteiger partial charge in [0.25, 0.3) is 0 Å². The van der Waals surface area contributed by atoms with E-state index >= 15 is 0 Å². The van der Waals surface area contributed by atoms with E-state index in [9.17, 15) is 4.79 Å². The zero-order valence-electron chi connectivity index (χ0n) is 9.58. The molecule has 0 bridgehead atoms.